The van der Waals surface area contributed by atoms with Crippen LogP contribution in [0.5, 0.6) is 5.75 Å². The Bertz CT molecular complexity index is 627. The highest BCUT2D eigenvalue weighted by Gasteiger charge is 2.11. The molecular formula is C15H13Br2Cl2NO. The molecule has 2 nitrogen and oxygen atoms in total. The summed E-state index contributed by atoms with van der Waals surface area (Å²) in [5, 5.41) is 1.04. The van der Waals surface area contributed by atoms with Crippen LogP contribution in [0.15, 0.2) is 39.3 Å². The van der Waals surface area contributed by atoms with Gasteiger partial charge < -0.3 is 10.5 Å². The number of nitrogens with two attached hydrogens (primary N) is 1. The average molecular weight is 454 g/mol. The molecule has 0 aliphatic heterocycles. The minimum atomic E-state index is 0.340. The van der Waals surface area contributed by atoms with E-state index in [0.717, 1.165) is 32.2 Å². The van der Waals surface area contributed by atoms with Crippen molar-refractivity contribution in [1.82, 2.24) is 0 Å². The topological polar surface area (TPSA) is 35.2 Å². The van der Waals surface area contributed by atoms with E-state index in [1.165, 1.54) is 0 Å². The highest BCUT2D eigenvalue weighted by molar-refractivity contribution is 9.11. The third-order valence-electron chi connectivity index (χ3n) is 2.89. The summed E-state index contributed by atoms with van der Waals surface area (Å²) in [6.45, 7) is 0.948. The van der Waals surface area contributed by atoms with Gasteiger partial charge in [0.25, 0.3) is 0 Å². The Labute approximate surface area is 150 Å². The zero-order valence-electron chi connectivity index (χ0n) is 11.0. The predicted molar refractivity (Wildman–Crippen MR) is 95.4 cm³/mol. The minimum Gasteiger partial charge on any atom is -0.486 e. The van der Waals surface area contributed by atoms with Crippen LogP contribution in [0.2, 0.25) is 10.0 Å². The molecule has 0 heterocycles. The third-order valence-corrected chi connectivity index (χ3v) is 4.93. The van der Waals surface area contributed by atoms with Gasteiger partial charge in [0, 0.05) is 5.56 Å². The number of ether oxygens (including phenoxy) is 1. The fourth-order valence-electron chi connectivity index (χ4n) is 1.87. The lowest BCUT2D eigenvalue weighted by Crippen LogP contribution is -2.03. The molecule has 0 aromatic heterocycles. The second-order valence-corrected chi connectivity index (χ2v) is 6.92. The zero-order valence-corrected chi connectivity index (χ0v) is 15.7. The van der Waals surface area contributed by atoms with E-state index in [0.29, 0.717) is 23.2 Å². The molecule has 0 amide bonds. The van der Waals surface area contributed by atoms with Crippen LogP contribution in [0.4, 0.5) is 0 Å². The van der Waals surface area contributed by atoms with E-state index in [4.69, 9.17) is 33.7 Å². The summed E-state index contributed by atoms with van der Waals surface area (Å²) in [5.41, 5.74) is 7.56. The van der Waals surface area contributed by atoms with Gasteiger partial charge in [-0.05, 0) is 68.6 Å². The van der Waals surface area contributed by atoms with Crippen LogP contribution in [0.3, 0.4) is 0 Å². The molecule has 0 aliphatic rings. The molecule has 0 saturated heterocycles. The van der Waals surface area contributed by atoms with Crippen LogP contribution in [-0.4, -0.2) is 6.54 Å². The molecule has 112 valence electrons. The Balaban J connectivity index is 2.18. The largest absolute Gasteiger partial charge is 0.486 e. The van der Waals surface area contributed by atoms with E-state index in [2.05, 4.69) is 31.9 Å². The molecule has 0 atom stereocenters. The predicted octanol–water partition coefficient (Wildman–Crippen LogP) is 5.60. The molecule has 0 aliphatic carbocycles. The summed E-state index contributed by atoms with van der Waals surface area (Å²) in [6.07, 6.45) is 0.817. The van der Waals surface area contributed by atoms with Crippen LogP contribution in [0, 0.1) is 0 Å². The van der Waals surface area contributed by atoms with Crippen molar-refractivity contribution in [3.63, 3.8) is 0 Å². The molecule has 2 rings (SSSR count). The van der Waals surface area contributed by atoms with E-state index in [1.807, 2.05) is 24.3 Å². The SMILES string of the molecule is NCCc1cc(Br)c(OCc2cccc(Cl)c2Cl)c(Br)c1. The molecule has 0 spiro atoms. The number of benzene rings is 2. The van der Waals surface area contributed by atoms with E-state index >= 15 is 0 Å². The van der Waals surface area contributed by atoms with Gasteiger partial charge in [-0.2, -0.15) is 0 Å². The van der Waals surface area contributed by atoms with Crippen molar-refractivity contribution in [2.75, 3.05) is 6.54 Å². The number of hydrogen-bond acceptors (Lipinski definition) is 2. The molecule has 2 aromatic carbocycles. The molecule has 2 N–H and O–H groups in total. The fraction of sp³-hybridized carbons (Fsp3) is 0.200. The second-order valence-electron chi connectivity index (χ2n) is 4.43. The maximum absolute atomic E-state index is 6.16. The smallest absolute Gasteiger partial charge is 0.148 e. The standard InChI is InChI=1S/C15H13Br2Cl2NO/c16-11-6-9(4-5-20)7-12(17)15(11)21-8-10-2-1-3-13(18)14(10)19/h1-3,6-7H,4-5,8,20H2. The molecular weight excluding hydrogens is 441 g/mol. The van der Waals surface area contributed by atoms with Crippen LogP contribution < -0.4 is 10.5 Å². The average Bonchev–Trinajstić information content (AvgIpc) is 2.42. The number of hydrogen-bond donors (Lipinski definition) is 1. The van der Waals surface area contributed by atoms with Gasteiger partial charge in [0.05, 0.1) is 19.0 Å². The van der Waals surface area contributed by atoms with Crippen molar-refractivity contribution in [2.24, 2.45) is 5.73 Å². The molecule has 0 unspecified atom stereocenters. The summed E-state index contributed by atoms with van der Waals surface area (Å²) in [7, 11) is 0. The van der Waals surface area contributed by atoms with Crippen molar-refractivity contribution in [3.8, 4) is 5.75 Å². The van der Waals surface area contributed by atoms with Crippen molar-refractivity contribution < 1.29 is 4.74 Å². The maximum Gasteiger partial charge on any atom is 0.148 e. The van der Waals surface area contributed by atoms with Crippen molar-refractivity contribution in [1.29, 1.82) is 0 Å². The first kappa shape index (κ1) is 17.1. The summed E-state index contributed by atoms with van der Waals surface area (Å²) in [4.78, 5) is 0. The normalized spacial score (nSPS) is 10.7. The van der Waals surface area contributed by atoms with Crippen LogP contribution >= 0.6 is 55.1 Å². The van der Waals surface area contributed by atoms with Gasteiger partial charge in [-0.1, -0.05) is 35.3 Å². The second kappa shape index (κ2) is 7.84. The zero-order chi connectivity index (χ0) is 15.4. The van der Waals surface area contributed by atoms with Gasteiger partial charge >= 0.3 is 0 Å². The Morgan fingerprint density at radius 3 is 2.38 bits per heavy atom. The maximum atomic E-state index is 6.16. The van der Waals surface area contributed by atoms with Crippen LogP contribution in [0.1, 0.15) is 11.1 Å². The van der Waals surface area contributed by atoms with E-state index < -0.39 is 0 Å². The third kappa shape index (κ3) is 4.36. The molecule has 0 saturated carbocycles. The molecule has 0 bridgehead atoms. The Morgan fingerprint density at radius 2 is 1.76 bits per heavy atom. The van der Waals surface area contributed by atoms with E-state index in [1.54, 1.807) is 6.07 Å². The molecule has 2 aromatic rings. The molecule has 21 heavy (non-hydrogen) atoms. The Hall–Kier alpha value is -0.260. The van der Waals surface area contributed by atoms with Crippen LogP contribution in [0.25, 0.3) is 0 Å². The van der Waals surface area contributed by atoms with Crippen molar-refractivity contribution >= 4 is 55.1 Å². The summed E-state index contributed by atoms with van der Waals surface area (Å²) in [5.74, 6) is 0.729. The highest BCUT2D eigenvalue weighted by Crippen LogP contribution is 2.36. The lowest BCUT2D eigenvalue weighted by atomic mass is 10.1. The van der Waals surface area contributed by atoms with E-state index in [-0.39, 0.29) is 0 Å². The summed E-state index contributed by atoms with van der Waals surface area (Å²) in [6, 6.07) is 9.50. The lowest BCUT2D eigenvalue weighted by molar-refractivity contribution is 0.302. The van der Waals surface area contributed by atoms with E-state index in [9.17, 15) is 0 Å². The van der Waals surface area contributed by atoms with Crippen molar-refractivity contribution in [3.05, 3.63) is 60.4 Å². The molecule has 0 fully saturated rings. The Morgan fingerprint density at radius 1 is 1.10 bits per heavy atom. The number of halogens is 4. The number of rotatable bonds is 5. The molecule has 0 radical (unpaired) electrons. The van der Waals surface area contributed by atoms with Gasteiger partial charge in [0.2, 0.25) is 0 Å². The lowest BCUT2D eigenvalue weighted by Gasteiger charge is -2.13. The van der Waals surface area contributed by atoms with Gasteiger partial charge in [0.15, 0.2) is 0 Å². The Kier molecular flexibility index (Phi) is 6.38. The fourth-order valence-corrected chi connectivity index (χ4v) is 3.76. The van der Waals surface area contributed by atoms with Crippen molar-refractivity contribution in [2.45, 2.75) is 13.0 Å². The first-order chi connectivity index (χ1) is 10.0. The van der Waals surface area contributed by atoms with Gasteiger partial charge in [0.1, 0.15) is 12.4 Å². The van der Waals surface area contributed by atoms with Gasteiger partial charge in [-0.25, -0.2) is 0 Å². The van der Waals surface area contributed by atoms with Gasteiger partial charge in [-0.3, -0.25) is 0 Å². The molecule has 6 heteroatoms. The first-order valence-electron chi connectivity index (χ1n) is 6.26. The van der Waals surface area contributed by atoms with Gasteiger partial charge in [-0.15, -0.1) is 0 Å². The monoisotopic (exact) mass is 451 g/mol. The highest BCUT2D eigenvalue weighted by atomic mass is 79.9. The first-order valence-corrected chi connectivity index (χ1v) is 8.60. The quantitative estimate of drug-likeness (QED) is 0.639. The van der Waals surface area contributed by atoms with Crippen LogP contribution in [-0.2, 0) is 13.0 Å². The summed E-state index contributed by atoms with van der Waals surface area (Å²) >= 11 is 19.2. The minimum absolute atomic E-state index is 0.340. The summed E-state index contributed by atoms with van der Waals surface area (Å²) < 4.78 is 7.60.